The molecule has 0 amide bonds. The van der Waals surface area contributed by atoms with Crippen molar-refractivity contribution < 1.29 is 68.2 Å². The van der Waals surface area contributed by atoms with E-state index in [1.54, 1.807) is 78.0 Å². The Morgan fingerprint density at radius 1 is 0.500 bits per heavy atom. The molecule has 0 aromatic heterocycles. The second-order valence-electron chi connectivity index (χ2n) is 17.0. The zero-order valence-electron chi connectivity index (χ0n) is 33.6. The molecule has 0 saturated carbocycles. The number of benzene rings is 4. The van der Waals surface area contributed by atoms with Crippen LogP contribution in [0.25, 0.3) is 34.4 Å². The molecule has 4 aromatic carbocycles. The van der Waals surface area contributed by atoms with E-state index >= 15 is 0 Å². The van der Waals surface area contributed by atoms with Crippen LogP contribution in [0.15, 0.2) is 71.8 Å². The molecule has 323 valence electrons. The maximum atomic E-state index is 14.2. The van der Waals surface area contributed by atoms with Crippen LogP contribution in [0.4, 0.5) is 52.7 Å². The van der Waals surface area contributed by atoms with Gasteiger partial charge in [-0.2, -0.15) is 0 Å². The van der Waals surface area contributed by atoms with Crippen molar-refractivity contribution in [2.75, 3.05) is 0 Å². The summed E-state index contributed by atoms with van der Waals surface area (Å²) in [5.41, 5.74) is -1.87. The molecule has 0 N–H and O–H groups in total. The van der Waals surface area contributed by atoms with E-state index in [0.29, 0.717) is 68.8 Å². The van der Waals surface area contributed by atoms with Crippen LogP contribution in [-0.2, 0) is 40.3 Å². The van der Waals surface area contributed by atoms with Gasteiger partial charge in [0, 0.05) is 0 Å². The van der Waals surface area contributed by atoms with Crippen LogP contribution in [0.3, 0.4) is 0 Å². The van der Waals surface area contributed by atoms with Crippen LogP contribution in [0, 0.1) is 0 Å². The third kappa shape index (κ3) is 7.91. The van der Waals surface area contributed by atoms with Crippen molar-refractivity contribution in [3.8, 4) is 22.3 Å². The molecule has 0 spiro atoms. The Morgan fingerprint density at radius 2 is 0.783 bits per heavy atom. The van der Waals surface area contributed by atoms with Crippen molar-refractivity contribution in [1.82, 2.24) is 0 Å². The van der Waals surface area contributed by atoms with Crippen molar-refractivity contribution in [3.63, 3.8) is 0 Å². The number of halogens is 14. The topological polar surface area (TPSA) is 0 Å². The second-order valence-corrected chi connectivity index (χ2v) is 59.5. The minimum absolute atomic E-state index is 0.0822. The number of alkyl halides is 12. The van der Waals surface area contributed by atoms with Crippen molar-refractivity contribution in [2.45, 2.75) is 98.4 Å². The molecule has 2 atom stereocenters. The third-order valence-electron chi connectivity index (χ3n) is 12.1. The molecule has 0 fully saturated rings. The Labute approximate surface area is 349 Å². The molecule has 0 nitrogen and oxygen atoms in total. The molecular formula is C44H41Cl2F12SiZr. The first-order valence-corrected chi connectivity index (χ1v) is 35.5. The normalized spacial score (nSPS) is 18.2. The van der Waals surface area contributed by atoms with Gasteiger partial charge in [0.2, 0.25) is 0 Å². The molecule has 0 bridgehead atoms. The minimum atomic E-state index is -5.70. The molecule has 4 aromatic rings. The summed E-state index contributed by atoms with van der Waals surface area (Å²) in [4.78, 5) is 0. The Bertz CT molecular complexity index is 2220. The van der Waals surface area contributed by atoms with Crippen LogP contribution < -0.4 is 0 Å². The van der Waals surface area contributed by atoms with Gasteiger partial charge in [0.1, 0.15) is 0 Å². The SMILES string of the molecule is CC1=Cc2c(ccc(C(C)C)c2-c2cc(C(F)(F)F)cc(C(F)(F)F)c2)[CH]1[Zr]([Cl])([Cl])([CH]1C(C)=Cc2c1ccc(C(C)C)c2-c1cc(C(F)(F)F)cc(C(F)(F)F)c1)[SiH](C)C. The van der Waals surface area contributed by atoms with E-state index in [0.717, 1.165) is 0 Å². The molecule has 0 radical (unpaired) electrons. The van der Waals surface area contributed by atoms with Crippen LogP contribution in [-0.4, -0.2) is 5.92 Å². The molecule has 0 saturated heterocycles. The van der Waals surface area contributed by atoms with Gasteiger partial charge in [-0.15, -0.1) is 0 Å². The fourth-order valence-electron chi connectivity index (χ4n) is 9.33. The Balaban J connectivity index is 1.64. The van der Waals surface area contributed by atoms with Gasteiger partial charge >= 0.3 is 351 Å². The molecule has 0 heterocycles. The van der Waals surface area contributed by atoms with Crippen molar-refractivity contribution in [3.05, 3.63) is 127 Å². The van der Waals surface area contributed by atoms with Crippen LogP contribution in [0.5, 0.6) is 0 Å². The number of rotatable bonds is 7. The van der Waals surface area contributed by atoms with Crippen LogP contribution >= 0.6 is 17.0 Å². The van der Waals surface area contributed by atoms with Gasteiger partial charge < -0.3 is 0 Å². The molecule has 2 aliphatic rings. The summed E-state index contributed by atoms with van der Waals surface area (Å²) in [7, 11) is 16.6. The fourth-order valence-corrected chi connectivity index (χ4v) is 42.3. The quantitative estimate of drug-likeness (QED) is 0.128. The van der Waals surface area contributed by atoms with Crippen LogP contribution in [0.1, 0.15) is 116 Å². The first-order valence-electron chi connectivity index (χ1n) is 19.1. The summed E-state index contributed by atoms with van der Waals surface area (Å²) in [5.74, 6) is -3.00. The van der Waals surface area contributed by atoms with Crippen molar-refractivity contribution in [1.29, 1.82) is 0 Å². The van der Waals surface area contributed by atoms with Gasteiger partial charge in [0.15, 0.2) is 0 Å². The molecule has 0 aliphatic heterocycles. The maximum absolute atomic E-state index is 14.2. The Morgan fingerprint density at radius 3 is 1.02 bits per heavy atom. The zero-order chi connectivity index (χ0) is 45.1. The fraction of sp³-hybridized carbons (Fsp3) is 0.364. The van der Waals surface area contributed by atoms with E-state index in [9.17, 15) is 52.7 Å². The van der Waals surface area contributed by atoms with Gasteiger partial charge in [-0.05, 0) is 0 Å². The summed E-state index contributed by atoms with van der Waals surface area (Å²) in [6, 6.07) is 9.94. The van der Waals surface area contributed by atoms with Gasteiger partial charge in [0.25, 0.3) is 0 Å². The molecular weight excluding hydrogens is 947 g/mol. The first kappa shape index (κ1) is 46.7. The molecule has 16 heteroatoms. The standard InChI is InChI=1S/2C21H17F6.C2H7Si.2ClH.Zr/c2*1-11(2)17-5-4-13-6-12(3)7-18(13)19(17)14-8-15(20(22,23)24)10-16(9-14)21(25,26)27;1-3-2;;;/h2*4-11H,1-3H3;3H,1-2H3;2*1H;/q;;;;;+2/p-2. The van der Waals surface area contributed by atoms with E-state index in [2.05, 4.69) is 0 Å². The average molecular weight is 988 g/mol. The van der Waals surface area contributed by atoms with Crippen molar-refractivity contribution in [2.24, 2.45) is 0 Å². The van der Waals surface area contributed by atoms with E-state index in [-0.39, 0.29) is 46.2 Å². The second kappa shape index (κ2) is 15.2. The molecule has 2 aliphatic carbocycles. The number of hydrogen-bond donors (Lipinski definition) is 0. The van der Waals surface area contributed by atoms with E-state index in [1.807, 2.05) is 13.1 Å². The predicted molar refractivity (Wildman–Crippen MR) is 215 cm³/mol. The summed E-state index contributed by atoms with van der Waals surface area (Å²) >= 11 is -5.70. The summed E-state index contributed by atoms with van der Waals surface area (Å²) in [5, 5.41) is 0. The zero-order valence-corrected chi connectivity index (χ0v) is 38.7. The van der Waals surface area contributed by atoms with Gasteiger partial charge in [-0.3, -0.25) is 0 Å². The Hall–Kier alpha value is -2.80. The van der Waals surface area contributed by atoms with E-state index in [4.69, 9.17) is 17.0 Å². The summed E-state index contributed by atoms with van der Waals surface area (Å²) in [6.45, 7) is 14.6. The summed E-state index contributed by atoms with van der Waals surface area (Å²) in [6.07, 6.45) is -16.9. The third-order valence-corrected chi connectivity index (χ3v) is 64.4. The number of fused-ring (bicyclic) bond motifs is 2. The van der Waals surface area contributed by atoms with Gasteiger partial charge in [-0.1, -0.05) is 0 Å². The molecule has 60 heavy (non-hydrogen) atoms. The summed E-state index contributed by atoms with van der Waals surface area (Å²) < 4.78 is 169. The van der Waals surface area contributed by atoms with Gasteiger partial charge in [-0.25, -0.2) is 0 Å². The van der Waals surface area contributed by atoms with Crippen molar-refractivity contribution >= 4 is 35.1 Å². The van der Waals surface area contributed by atoms with Crippen LogP contribution in [0.2, 0.25) is 13.1 Å². The van der Waals surface area contributed by atoms with E-state index in [1.165, 1.54) is 0 Å². The van der Waals surface area contributed by atoms with E-state index < -0.39 is 75.7 Å². The number of allylic oxidation sites excluding steroid dienone is 2. The Kier molecular flexibility index (Phi) is 11.8. The molecule has 2 unspecified atom stereocenters. The average Bonchev–Trinajstić information content (AvgIpc) is 3.65. The number of hydrogen-bond acceptors (Lipinski definition) is 0. The van der Waals surface area contributed by atoms with Gasteiger partial charge in [0.05, 0.1) is 0 Å². The monoisotopic (exact) mass is 985 g/mol. The molecule has 6 rings (SSSR count). The predicted octanol–water partition coefficient (Wildman–Crippen LogP) is 16.9. The first-order chi connectivity index (χ1) is 27.3.